The van der Waals surface area contributed by atoms with Crippen LogP contribution in [0.25, 0.3) is 0 Å². The molecule has 116 valence electrons. The van der Waals surface area contributed by atoms with E-state index in [0.29, 0.717) is 11.6 Å². The molecule has 2 amide bonds. The monoisotopic (exact) mass is 317 g/mol. The summed E-state index contributed by atoms with van der Waals surface area (Å²) in [6.07, 6.45) is 1.92. The summed E-state index contributed by atoms with van der Waals surface area (Å²) in [7, 11) is 0. The van der Waals surface area contributed by atoms with E-state index in [0.717, 1.165) is 29.7 Å². The van der Waals surface area contributed by atoms with Gasteiger partial charge in [-0.3, -0.25) is 5.32 Å². The highest BCUT2D eigenvalue weighted by atomic mass is 32.1. The van der Waals surface area contributed by atoms with Crippen molar-refractivity contribution in [2.75, 3.05) is 5.32 Å². The maximum atomic E-state index is 12.1. The summed E-state index contributed by atoms with van der Waals surface area (Å²) < 4.78 is 0. The molecule has 1 aromatic heterocycles. The molecule has 0 bridgehead atoms. The van der Waals surface area contributed by atoms with Crippen LogP contribution in [0, 0.1) is 0 Å². The number of anilines is 1. The highest BCUT2D eigenvalue weighted by Gasteiger charge is 2.31. The zero-order valence-electron chi connectivity index (χ0n) is 12.4. The van der Waals surface area contributed by atoms with Gasteiger partial charge in [0.05, 0.1) is 17.8 Å². The number of amides is 2. The van der Waals surface area contributed by atoms with Crippen molar-refractivity contribution in [3.8, 4) is 0 Å². The third-order valence-corrected chi connectivity index (χ3v) is 4.58. The van der Waals surface area contributed by atoms with E-state index in [1.807, 2.05) is 29.6 Å². The number of carbonyl (C=O) groups excluding carboxylic acids is 1. The molecule has 0 spiro atoms. The Balaban J connectivity index is 1.64. The second-order valence-electron chi connectivity index (χ2n) is 5.44. The van der Waals surface area contributed by atoms with Crippen LogP contribution >= 0.6 is 11.3 Å². The number of carbonyl (C=O) groups is 1. The second kappa shape index (κ2) is 6.46. The van der Waals surface area contributed by atoms with Crippen LogP contribution in [0.1, 0.15) is 36.2 Å². The minimum atomic E-state index is -0.588. The molecule has 5 nitrogen and oxygen atoms in total. The van der Waals surface area contributed by atoms with Gasteiger partial charge in [-0.15, -0.1) is 11.3 Å². The maximum absolute atomic E-state index is 12.1. The first-order chi connectivity index (χ1) is 10.7. The number of thiazole rings is 1. The van der Waals surface area contributed by atoms with Crippen molar-refractivity contribution in [1.29, 1.82) is 0 Å². The smallest absolute Gasteiger partial charge is 0.321 e. The number of fused-ring (bicyclic) bond motifs is 1. The molecule has 1 aromatic carbocycles. The van der Waals surface area contributed by atoms with E-state index in [-0.39, 0.29) is 12.1 Å². The molecule has 0 radical (unpaired) electrons. The van der Waals surface area contributed by atoms with Gasteiger partial charge in [-0.1, -0.05) is 37.6 Å². The number of rotatable bonds is 4. The van der Waals surface area contributed by atoms with E-state index in [2.05, 4.69) is 22.5 Å². The van der Waals surface area contributed by atoms with E-state index in [1.54, 1.807) is 0 Å². The zero-order valence-corrected chi connectivity index (χ0v) is 13.2. The van der Waals surface area contributed by atoms with Crippen LogP contribution in [0.15, 0.2) is 29.6 Å². The summed E-state index contributed by atoms with van der Waals surface area (Å²) in [6, 6.07) is 7.08. The lowest BCUT2D eigenvalue weighted by atomic mass is 10.1. The predicted octanol–water partition coefficient (Wildman–Crippen LogP) is 2.88. The van der Waals surface area contributed by atoms with E-state index >= 15 is 0 Å². The number of hydrogen-bond donors (Lipinski definition) is 3. The normalized spacial score (nSPS) is 19.7. The molecule has 0 fully saturated rings. The number of aliphatic hydroxyl groups is 1. The first-order valence-corrected chi connectivity index (χ1v) is 8.33. The van der Waals surface area contributed by atoms with Crippen molar-refractivity contribution < 1.29 is 9.90 Å². The van der Waals surface area contributed by atoms with Crippen LogP contribution in [0.3, 0.4) is 0 Å². The fourth-order valence-corrected chi connectivity index (χ4v) is 3.50. The van der Waals surface area contributed by atoms with Crippen molar-refractivity contribution in [3.05, 3.63) is 46.5 Å². The summed E-state index contributed by atoms with van der Waals surface area (Å²) in [6.45, 7) is 2.10. The first kappa shape index (κ1) is 15.0. The number of nitrogens with one attached hydrogen (secondary N) is 2. The van der Waals surface area contributed by atoms with Gasteiger partial charge in [0, 0.05) is 11.8 Å². The highest BCUT2D eigenvalue weighted by molar-refractivity contribution is 7.13. The maximum Gasteiger partial charge on any atom is 0.321 e. The number of aromatic nitrogens is 1. The minimum absolute atomic E-state index is 0.335. The Labute approximate surface area is 133 Å². The van der Waals surface area contributed by atoms with Crippen molar-refractivity contribution in [2.45, 2.75) is 38.3 Å². The molecule has 0 unspecified atom stereocenters. The zero-order chi connectivity index (χ0) is 15.5. The predicted molar refractivity (Wildman–Crippen MR) is 87.2 cm³/mol. The Morgan fingerprint density at radius 3 is 3.09 bits per heavy atom. The van der Waals surface area contributed by atoms with Crippen molar-refractivity contribution >= 4 is 22.5 Å². The summed E-state index contributed by atoms with van der Waals surface area (Å²) in [5, 5.41) is 18.3. The lowest BCUT2D eigenvalue weighted by molar-refractivity contribution is 0.144. The molecular weight excluding hydrogens is 298 g/mol. The number of benzene rings is 1. The summed E-state index contributed by atoms with van der Waals surface area (Å²) in [5.74, 6) is 0. The van der Waals surface area contributed by atoms with Crippen LogP contribution in [-0.2, 0) is 12.8 Å². The fraction of sp³-hybridized carbons (Fsp3) is 0.375. The Morgan fingerprint density at radius 2 is 2.27 bits per heavy atom. The molecule has 1 aliphatic carbocycles. The molecule has 22 heavy (non-hydrogen) atoms. The molecule has 0 aliphatic heterocycles. The molecular formula is C16H19N3O2S. The quantitative estimate of drug-likeness (QED) is 0.812. The second-order valence-corrected chi connectivity index (χ2v) is 6.30. The Kier molecular flexibility index (Phi) is 4.40. The highest BCUT2D eigenvalue weighted by Crippen LogP contribution is 2.31. The fourth-order valence-electron chi connectivity index (χ4n) is 2.76. The van der Waals surface area contributed by atoms with Crippen LogP contribution in [0.2, 0.25) is 0 Å². The standard InChI is InChI=1S/C16H19N3O2S/c1-2-5-11-9-22-16(17-11)19-15(21)18-14-12-7-4-3-6-10(12)8-13(14)20/h3-4,6-7,9,13-14,20H,2,5,8H2,1H3,(H2,17,18,19,21)/t13-,14+/m1/s1. The number of aryl methyl sites for hydroxylation is 1. The van der Waals surface area contributed by atoms with E-state index in [9.17, 15) is 9.90 Å². The Bertz CT molecular complexity index is 671. The van der Waals surface area contributed by atoms with Crippen LogP contribution < -0.4 is 10.6 Å². The third-order valence-electron chi connectivity index (χ3n) is 3.77. The van der Waals surface area contributed by atoms with Crippen LogP contribution in [0.5, 0.6) is 0 Å². The average Bonchev–Trinajstić information content (AvgIpc) is 3.05. The van der Waals surface area contributed by atoms with Crippen molar-refractivity contribution in [3.63, 3.8) is 0 Å². The molecule has 0 saturated carbocycles. The Hall–Kier alpha value is -1.92. The molecule has 1 aliphatic rings. The largest absolute Gasteiger partial charge is 0.390 e. The summed E-state index contributed by atoms with van der Waals surface area (Å²) in [5.41, 5.74) is 3.06. The van der Waals surface area contributed by atoms with Gasteiger partial charge in [-0.05, 0) is 17.5 Å². The molecule has 2 aromatic rings. The summed E-state index contributed by atoms with van der Waals surface area (Å²) >= 11 is 1.42. The molecule has 0 saturated heterocycles. The topological polar surface area (TPSA) is 74.2 Å². The Morgan fingerprint density at radius 1 is 1.45 bits per heavy atom. The average molecular weight is 317 g/mol. The number of hydrogen-bond acceptors (Lipinski definition) is 4. The van der Waals surface area contributed by atoms with Gasteiger partial charge in [0.25, 0.3) is 0 Å². The number of aliphatic hydroxyl groups excluding tert-OH is 1. The van der Waals surface area contributed by atoms with Gasteiger partial charge >= 0.3 is 6.03 Å². The van der Waals surface area contributed by atoms with Gasteiger partial charge in [-0.2, -0.15) is 0 Å². The van der Waals surface area contributed by atoms with E-state index in [4.69, 9.17) is 0 Å². The van der Waals surface area contributed by atoms with Crippen LogP contribution in [-0.4, -0.2) is 22.2 Å². The lowest BCUT2D eigenvalue weighted by Crippen LogP contribution is -2.36. The lowest BCUT2D eigenvalue weighted by Gasteiger charge is -2.17. The van der Waals surface area contributed by atoms with Gasteiger partial charge in [-0.25, -0.2) is 9.78 Å². The van der Waals surface area contributed by atoms with Gasteiger partial charge in [0.1, 0.15) is 0 Å². The minimum Gasteiger partial charge on any atom is -0.390 e. The van der Waals surface area contributed by atoms with Gasteiger partial charge < -0.3 is 10.4 Å². The van der Waals surface area contributed by atoms with Gasteiger partial charge in [0.2, 0.25) is 0 Å². The summed E-state index contributed by atoms with van der Waals surface area (Å²) in [4.78, 5) is 16.5. The molecule has 3 rings (SSSR count). The van der Waals surface area contributed by atoms with E-state index in [1.165, 1.54) is 11.3 Å². The molecule has 2 atom stereocenters. The number of nitrogens with zero attached hydrogens (tertiary/aromatic N) is 1. The SMILES string of the molecule is CCCc1csc(NC(=O)N[C@H]2c3ccccc3C[C@H]2O)n1. The van der Waals surface area contributed by atoms with Crippen molar-refractivity contribution in [1.82, 2.24) is 10.3 Å². The first-order valence-electron chi connectivity index (χ1n) is 7.45. The molecule has 3 N–H and O–H groups in total. The molecule has 1 heterocycles. The van der Waals surface area contributed by atoms with E-state index < -0.39 is 6.10 Å². The molecule has 6 heteroatoms. The number of urea groups is 1. The van der Waals surface area contributed by atoms with Crippen molar-refractivity contribution in [2.24, 2.45) is 0 Å². The third kappa shape index (κ3) is 3.13. The van der Waals surface area contributed by atoms with Crippen LogP contribution in [0.4, 0.5) is 9.93 Å². The van der Waals surface area contributed by atoms with Gasteiger partial charge in [0.15, 0.2) is 5.13 Å².